The summed E-state index contributed by atoms with van der Waals surface area (Å²) in [5.74, 6) is 1.03. The van der Waals surface area contributed by atoms with Crippen molar-refractivity contribution in [1.29, 1.82) is 0 Å². The molecule has 1 aliphatic heterocycles. The van der Waals surface area contributed by atoms with Crippen molar-refractivity contribution in [2.45, 2.75) is 39.8 Å². The van der Waals surface area contributed by atoms with Crippen molar-refractivity contribution in [2.24, 2.45) is 5.41 Å². The molecule has 1 N–H and O–H groups in total. The first kappa shape index (κ1) is 17.7. The summed E-state index contributed by atoms with van der Waals surface area (Å²) >= 11 is 0. The van der Waals surface area contributed by atoms with E-state index in [1.807, 2.05) is 24.4 Å². The second kappa shape index (κ2) is 7.83. The number of rotatable bonds is 6. The van der Waals surface area contributed by atoms with E-state index in [1.54, 1.807) is 6.20 Å². The maximum atomic E-state index is 12.8. The molecule has 0 spiro atoms. The third kappa shape index (κ3) is 4.28. The summed E-state index contributed by atoms with van der Waals surface area (Å²) in [7, 11) is 0. The van der Waals surface area contributed by atoms with Crippen LogP contribution in [0.2, 0.25) is 0 Å². The van der Waals surface area contributed by atoms with Crippen molar-refractivity contribution in [1.82, 2.24) is 19.8 Å². The third-order valence-electron chi connectivity index (χ3n) is 5.18. The topological polar surface area (TPSA) is 50.2 Å². The summed E-state index contributed by atoms with van der Waals surface area (Å²) < 4.78 is 2.09. The molecular formula is C20H28N4O. The molecule has 3 rings (SSSR count). The molecule has 5 heteroatoms. The van der Waals surface area contributed by atoms with E-state index in [4.69, 9.17) is 0 Å². The minimum atomic E-state index is -0.300. The number of hydrogen-bond donors (Lipinski definition) is 1. The van der Waals surface area contributed by atoms with Gasteiger partial charge in [0.05, 0.1) is 12.0 Å². The van der Waals surface area contributed by atoms with E-state index in [0.29, 0.717) is 6.54 Å². The molecule has 5 nitrogen and oxygen atoms in total. The van der Waals surface area contributed by atoms with Crippen molar-refractivity contribution < 1.29 is 4.79 Å². The Morgan fingerprint density at radius 2 is 2.12 bits per heavy atom. The number of likely N-dealkylation sites (tertiary alicyclic amines) is 1. The van der Waals surface area contributed by atoms with E-state index in [0.717, 1.165) is 44.8 Å². The summed E-state index contributed by atoms with van der Waals surface area (Å²) in [6.45, 7) is 8.43. The number of carbonyl (C=O) groups is 1. The Morgan fingerprint density at radius 1 is 1.32 bits per heavy atom. The summed E-state index contributed by atoms with van der Waals surface area (Å²) in [5, 5.41) is 3.12. The third-order valence-corrected chi connectivity index (χ3v) is 5.18. The zero-order valence-corrected chi connectivity index (χ0v) is 15.2. The van der Waals surface area contributed by atoms with Gasteiger partial charge in [0, 0.05) is 25.5 Å². The first-order valence-electron chi connectivity index (χ1n) is 9.15. The zero-order valence-electron chi connectivity index (χ0n) is 15.2. The smallest absolute Gasteiger partial charge is 0.227 e. The lowest BCUT2D eigenvalue weighted by Gasteiger charge is -2.38. The maximum Gasteiger partial charge on any atom is 0.227 e. The predicted molar refractivity (Wildman–Crippen MR) is 99.1 cm³/mol. The van der Waals surface area contributed by atoms with Crippen LogP contribution in [-0.4, -0.2) is 40.0 Å². The van der Waals surface area contributed by atoms with Crippen molar-refractivity contribution in [3.8, 4) is 0 Å². The van der Waals surface area contributed by atoms with Gasteiger partial charge in [-0.25, -0.2) is 4.98 Å². The molecular weight excluding hydrogens is 312 g/mol. The highest BCUT2D eigenvalue weighted by Crippen LogP contribution is 2.29. The van der Waals surface area contributed by atoms with Crippen molar-refractivity contribution >= 4 is 5.91 Å². The van der Waals surface area contributed by atoms with E-state index in [2.05, 4.69) is 45.7 Å². The summed E-state index contributed by atoms with van der Waals surface area (Å²) in [6.07, 6.45) is 5.80. The average molecular weight is 340 g/mol. The Balaban J connectivity index is 1.60. The second-order valence-electron chi connectivity index (χ2n) is 7.17. The highest BCUT2D eigenvalue weighted by atomic mass is 16.2. The SMILES string of the molecule is CCN1CCC[C@@](C)(C(=O)NCc2nccn2Cc2ccccc2)C1. The lowest BCUT2D eigenvalue weighted by Crippen LogP contribution is -2.50. The Morgan fingerprint density at radius 3 is 2.88 bits per heavy atom. The molecule has 134 valence electrons. The number of aromatic nitrogens is 2. The fraction of sp³-hybridized carbons (Fsp3) is 0.500. The lowest BCUT2D eigenvalue weighted by molar-refractivity contribution is -0.133. The van der Waals surface area contributed by atoms with Crippen LogP contribution in [0.3, 0.4) is 0 Å². The zero-order chi connectivity index (χ0) is 17.7. The molecule has 1 aliphatic rings. The molecule has 0 bridgehead atoms. The normalized spacial score (nSPS) is 21.2. The van der Waals surface area contributed by atoms with Gasteiger partial charge >= 0.3 is 0 Å². The van der Waals surface area contributed by atoms with Crippen molar-refractivity contribution in [2.75, 3.05) is 19.6 Å². The molecule has 1 saturated heterocycles. The van der Waals surface area contributed by atoms with E-state index in [1.165, 1.54) is 5.56 Å². The Labute approximate surface area is 150 Å². The summed E-state index contributed by atoms with van der Waals surface area (Å²) in [5.41, 5.74) is 0.927. The van der Waals surface area contributed by atoms with Crippen LogP contribution in [0.15, 0.2) is 42.7 Å². The van der Waals surface area contributed by atoms with Crippen LogP contribution in [0.25, 0.3) is 0 Å². The van der Waals surface area contributed by atoms with Gasteiger partial charge in [0.1, 0.15) is 5.82 Å². The van der Waals surface area contributed by atoms with Gasteiger partial charge in [-0.2, -0.15) is 0 Å². The van der Waals surface area contributed by atoms with Gasteiger partial charge in [0.2, 0.25) is 5.91 Å². The second-order valence-corrected chi connectivity index (χ2v) is 7.17. The van der Waals surface area contributed by atoms with Gasteiger partial charge in [-0.1, -0.05) is 37.3 Å². The van der Waals surface area contributed by atoms with E-state index in [-0.39, 0.29) is 11.3 Å². The molecule has 1 atom stereocenters. The monoisotopic (exact) mass is 340 g/mol. The predicted octanol–water partition coefficient (Wildman–Crippen LogP) is 2.67. The molecule has 1 amide bonds. The number of amides is 1. The van der Waals surface area contributed by atoms with Crippen LogP contribution < -0.4 is 5.32 Å². The van der Waals surface area contributed by atoms with Gasteiger partial charge in [-0.15, -0.1) is 0 Å². The van der Waals surface area contributed by atoms with Gasteiger partial charge in [0.15, 0.2) is 0 Å². The molecule has 0 unspecified atom stereocenters. The quantitative estimate of drug-likeness (QED) is 0.879. The van der Waals surface area contributed by atoms with Crippen LogP contribution in [0.1, 0.15) is 38.1 Å². The first-order chi connectivity index (χ1) is 12.1. The van der Waals surface area contributed by atoms with Crippen LogP contribution in [0.5, 0.6) is 0 Å². The first-order valence-corrected chi connectivity index (χ1v) is 9.15. The van der Waals surface area contributed by atoms with Gasteiger partial charge in [-0.05, 0) is 38.4 Å². The number of piperidine rings is 1. The fourth-order valence-electron chi connectivity index (χ4n) is 3.60. The lowest BCUT2D eigenvalue weighted by atomic mass is 9.81. The number of nitrogens with one attached hydrogen (secondary N) is 1. The number of benzene rings is 1. The standard InChI is InChI=1S/C20H28N4O/c1-3-23-12-7-10-20(2,16-23)19(25)22-14-18-21-11-13-24(18)15-17-8-5-4-6-9-17/h4-6,8-9,11,13H,3,7,10,12,14-16H2,1-2H3,(H,22,25)/t20-/m1/s1. The number of imidazole rings is 1. The molecule has 2 heterocycles. The van der Waals surface area contributed by atoms with Crippen LogP contribution in [0.4, 0.5) is 0 Å². The van der Waals surface area contributed by atoms with E-state index >= 15 is 0 Å². The summed E-state index contributed by atoms with van der Waals surface area (Å²) in [6, 6.07) is 10.3. The molecule has 2 aromatic rings. The summed E-state index contributed by atoms with van der Waals surface area (Å²) in [4.78, 5) is 19.6. The Hall–Kier alpha value is -2.14. The molecule has 25 heavy (non-hydrogen) atoms. The van der Waals surface area contributed by atoms with Gasteiger partial charge in [-0.3, -0.25) is 4.79 Å². The molecule has 0 aliphatic carbocycles. The number of nitrogens with zero attached hydrogens (tertiary/aromatic N) is 3. The van der Waals surface area contributed by atoms with Crippen molar-refractivity contribution in [3.05, 3.63) is 54.1 Å². The molecule has 1 fully saturated rings. The minimum absolute atomic E-state index is 0.139. The molecule has 1 aromatic carbocycles. The highest BCUT2D eigenvalue weighted by molar-refractivity contribution is 5.82. The molecule has 0 radical (unpaired) electrons. The molecule has 0 saturated carbocycles. The van der Waals surface area contributed by atoms with Gasteiger partial charge in [0.25, 0.3) is 0 Å². The van der Waals surface area contributed by atoms with Crippen LogP contribution in [-0.2, 0) is 17.9 Å². The Bertz CT molecular complexity index is 697. The van der Waals surface area contributed by atoms with E-state index in [9.17, 15) is 4.79 Å². The largest absolute Gasteiger partial charge is 0.348 e. The van der Waals surface area contributed by atoms with Crippen molar-refractivity contribution in [3.63, 3.8) is 0 Å². The Kier molecular flexibility index (Phi) is 5.53. The molecule has 1 aromatic heterocycles. The minimum Gasteiger partial charge on any atom is -0.348 e. The van der Waals surface area contributed by atoms with Gasteiger partial charge < -0.3 is 14.8 Å². The maximum absolute atomic E-state index is 12.8. The number of hydrogen-bond acceptors (Lipinski definition) is 3. The highest BCUT2D eigenvalue weighted by Gasteiger charge is 2.37. The fourth-order valence-corrected chi connectivity index (χ4v) is 3.60. The average Bonchev–Trinajstić information content (AvgIpc) is 3.07. The van der Waals surface area contributed by atoms with E-state index < -0.39 is 0 Å². The number of carbonyl (C=O) groups excluding carboxylic acids is 1. The van der Waals surface area contributed by atoms with Crippen LogP contribution in [0, 0.1) is 5.41 Å². The van der Waals surface area contributed by atoms with Crippen LogP contribution >= 0.6 is 0 Å².